The number of esters is 2. The quantitative estimate of drug-likeness (QED) is 0.340. The molecular formula is C25H26O13. The van der Waals surface area contributed by atoms with Crippen LogP contribution in [0.15, 0.2) is 35.9 Å². The predicted octanol–water partition coefficient (Wildman–Crippen LogP) is 1.66. The van der Waals surface area contributed by atoms with E-state index in [0.29, 0.717) is 0 Å². The van der Waals surface area contributed by atoms with Crippen LogP contribution >= 0.6 is 0 Å². The van der Waals surface area contributed by atoms with Crippen molar-refractivity contribution in [2.45, 2.75) is 24.7 Å². The number of aliphatic carboxylic acids is 1. The predicted molar refractivity (Wildman–Crippen MR) is 127 cm³/mol. The van der Waals surface area contributed by atoms with Gasteiger partial charge in [-0.1, -0.05) is 0 Å². The van der Waals surface area contributed by atoms with E-state index in [-0.39, 0.29) is 51.2 Å². The number of hydrogen-bond acceptors (Lipinski definition) is 12. The van der Waals surface area contributed by atoms with Gasteiger partial charge in [0.05, 0.1) is 45.7 Å². The Kier molecular flexibility index (Phi) is 8.53. The third kappa shape index (κ3) is 5.67. The summed E-state index contributed by atoms with van der Waals surface area (Å²) in [4.78, 5) is 37.5. The second kappa shape index (κ2) is 11.6. The molecule has 0 bridgehead atoms. The molecule has 13 nitrogen and oxygen atoms in total. The first-order chi connectivity index (χ1) is 18.0. The van der Waals surface area contributed by atoms with Crippen molar-refractivity contribution in [3.8, 4) is 34.5 Å². The molecule has 204 valence electrons. The minimum Gasteiger partial charge on any atom is -0.502 e. The minimum atomic E-state index is -1.56. The second-order valence-corrected chi connectivity index (χ2v) is 7.97. The molecule has 1 aliphatic rings. The van der Waals surface area contributed by atoms with Gasteiger partial charge >= 0.3 is 17.9 Å². The molecule has 0 amide bonds. The molecule has 4 N–H and O–H groups in total. The molecule has 0 aromatic heterocycles. The molecule has 13 heteroatoms. The van der Waals surface area contributed by atoms with E-state index in [1.807, 2.05) is 0 Å². The summed E-state index contributed by atoms with van der Waals surface area (Å²) >= 11 is 0. The number of hydrogen-bond donors (Lipinski definition) is 4. The molecule has 38 heavy (non-hydrogen) atoms. The van der Waals surface area contributed by atoms with Crippen molar-refractivity contribution in [3.05, 3.63) is 47.0 Å². The van der Waals surface area contributed by atoms with Gasteiger partial charge in [-0.25, -0.2) is 14.4 Å². The average Bonchev–Trinajstić information content (AvgIpc) is 2.90. The molecule has 3 atom stereocenters. The van der Waals surface area contributed by atoms with Crippen LogP contribution in [-0.4, -0.2) is 85.1 Å². The Labute approximate surface area is 216 Å². The van der Waals surface area contributed by atoms with E-state index in [1.54, 1.807) is 0 Å². The number of aliphatic hydroxyl groups is 1. The monoisotopic (exact) mass is 534 g/mol. The standard InChI is InChI=1S/C25H26O13/c1-33-15-7-12(8-16(34-2)20(15)27)24(31)37-19-6-11(23(29)30)5-14(26)22(19)38-25(32)13-9-17(35-3)21(28)18(10-13)36-4/h6-10,14,19,22,26-28H,5H2,1-4H3,(H,29,30)/t14-,19-,22+/m1/s1. The Morgan fingerprint density at radius 3 is 1.50 bits per heavy atom. The first-order valence-electron chi connectivity index (χ1n) is 11.0. The van der Waals surface area contributed by atoms with E-state index in [1.165, 1.54) is 40.6 Å². The molecule has 0 radical (unpaired) electrons. The van der Waals surface area contributed by atoms with Crippen molar-refractivity contribution in [2.75, 3.05) is 28.4 Å². The third-order valence-corrected chi connectivity index (χ3v) is 5.69. The summed E-state index contributed by atoms with van der Waals surface area (Å²) in [6, 6.07) is 4.67. The lowest BCUT2D eigenvalue weighted by atomic mass is 9.91. The number of benzene rings is 2. The van der Waals surface area contributed by atoms with Crippen molar-refractivity contribution in [1.82, 2.24) is 0 Å². The highest BCUT2D eigenvalue weighted by atomic mass is 16.6. The maximum Gasteiger partial charge on any atom is 0.339 e. The van der Waals surface area contributed by atoms with E-state index >= 15 is 0 Å². The Morgan fingerprint density at radius 2 is 1.13 bits per heavy atom. The molecule has 0 saturated heterocycles. The number of carbonyl (C=O) groups is 3. The number of aliphatic hydroxyl groups excluding tert-OH is 1. The maximum absolute atomic E-state index is 13.0. The largest absolute Gasteiger partial charge is 0.502 e. The molecule has 0 saturated carbocycles. The third-order valence-electron chi connectivity index (χ3n) is 5.69. The Morgan fingerprint density at radius 1 is 0.737 bits per heavy atom. The van der Waals surface area contributed by atoms with Crippen LogP contribution in [0.2, 0.25) is 0 Å². The molecular weight excluding hydrogens is 508 g/mol. The first kappa shape index (κ1) is 27.9. The number of ether oxygens (including phenoxy) is 6. The second-order valence-electron chi connectivity index (χ2n) is 7.97. The van der Waals surface area contributed by atoms with E-state index in [4.69, 9.17) is 28.4 Å². The van der Waals surface area contributed by atoms with Crippen LogP contribution in [0.3, 0.4) is 0 Å². The highest BCUT2D eigenvalue weighted by Crippen LogP contribution is 2.39. The molecule has 0 unspecified atom stereocenters. The SMILES string of the molecule is COc1cc(C(=O)O[C@H]2[C@H](O)CC(C(=O)O)=C[C@H]2OC(=O)c2cc(OC)c(O)c(OC)c2)cc(OC)c1O. The number of rotatable bonds is 9. The van der Waals surface area contributed by atoms with Crippen molar-refractivity contribution in [1.29, 1.82) is 0 Å². The van der Waals surface area contributed by atoms with Crippen LogP contribution in [0.1, 0.15) is 27.1 Å². The van der Waals surface area contributed by atoms with Crippen LogP contribution < -0.4 is 18.9 Å². The molecule has 2 aromatic carbocycles. The Hall–Kier alpha value is -4.65. The summed E-state index contributed by atoms with van der Waals surface area (Å²) in [5.41, 5.74) is -0.536. The fraction of sp³-hybridized carbons (Fsp3) is 0.320. The zero-order valence-electron chi connectivity index (χ0n) is 20.8. The molecule has 0 fully saturated rings. The normalized spacial score (nSPS) is 18.6. The van der Waals surface area contributed by atoms with Gasteiger partial charge in [-0.2, -0.15) is 0 Å². The van der Waals surface area contributed by atoms with Gasteiger partial charge in [0.2, 0.25) is 11.5 Å². The fourth-order valence-electron chi connectivity index (χ4n) is 3.73. The molecule has 0 aliphatic heterocycles. The Bertz CT molecular complexity index is 1220. The van der Waals surface area contributed by atoms with Crippen molar-refractivity contribution in [3.63, 3.8) is 0 Å². The zero-order chi connectivity index (χ0) is 28.1. The molecule has 0 heterocycles. The number of aromatic hydroxyl groups is 2. The summed E-state index contributed by atoms with van der Waals surface area (Å²) in [6.07, 6.45) is -3.94. The lowest BCUT2D eigenvalue weighted by molar-refractivity contribution is -0.134. The van der Waals surface area contributed by atoms with Crippen molar-refractivity contribution in [2.24, 2.45) is 0 Å². The van der Waals surface area contributed by atoms with Gasteiger partial charge in [0, 0.05) is 12.0 Å². The number of phenols is 2. The first-order valence-corrected chi connectivity index (χ1v) is 11.0. The van der Waals surface area contributed by atoms with Gasteiger partial charge in [0.25, 0.3) is 0 Å². The van der Waals surface area contributed by atoms with Crippen LogP contribution in [0.25, 0.3) is 0 Å². The van der Waals surface area contributed by atoms with Gasteiger partial charge < -0.3 is 48.8 Å². The van der Waals surface area contributed by atoms with Crippen molar-refractivity contribution >= 4 is 17.9 Å². The van der Waals surface area contributed by atoms with E-state index < -0.39 is 42.6 Å². The zero-order valence-corrected chi connectivity index (χ0v) is 20.8. The molecule has 2 aromatic rings. The Balaban J connectivity index is 1.94. The van der Waals surface area contributed by atoms with Crippen LogP contribution in [0.4, 0.5) is 0 Å². The van der Waals surface area contributed by atoms with Gasteiger partial charge in [0.1, 0.15) is 0 Å². The summed E-state index contributed by atoms with van der Waals surface area (Å²) in [5, 5.41) is 40.3. The summed E-state index contributed by atoms with van der Waals surface area (Å²) < 4.78 is 31.0. The van der Waals surface area contributed by atoms with Crippen LogP contribution in [-0.2, 0) is 14.3 Å². The molecule has 1 aliphatic carbocycles. The topological polar surface area (TPSA) is 188 Å². The fourth-order valence-corrected chi connectivity index (χ4v) is 3.73. The number of carbonyl (C=O) groups excluding carboxylic acids is 2. The van der Waals surface area contributed by atoms with Gasteiger partial charge in [-0.3, -0.25) is 0 Å². The highest BCUT2D eigenvalue weighted by molar-refractivity contribution is 5.93. The summed E-state index contributed by atoms with van der Waals surface area (Å²) in [7, 11) is 5.03. The maximum atomic E-state index is 13.0. The highest BCUT2D eigenvalue weighted by Gasteiger charge is 2.40. The van der Waals surface area contributed by atoms with Crippen LogP contribution in [0, 0.1) is 0 Å². The summed E-state index contributed by atoms with van der Waals surface area (Å²) in [5.74, 6) is -4.49. The van der Waals surface area contributed by atoms with Crippen molar-refractivity contribution < 1.29 is 63.2 Å². The molecule has 3 rings (SSSR count). The smallest absolute Gasteiger partial charge is 0.339 e. The molecule has 0 spiro atoms. The summed E-state index contributed by atoms with van der Waals surface area (Å²) in [6.45, 7) is 0. The van der Waals surface area contributed by atoms with Gasteiger partial charge in [-0.15, -0.1) is 0 Å². The number of methoxy groups -OCH3 is 4. The van der Waals surface area contributed by atoms with Gasteiger partial charge in [-0.05, 0) is 30.3 Å². The van der Waals surface area contributed by atoms with E-state index in [9.17, 15) is 34.8 Å². The van der Waals surface area contributed by atoms with E-state index in [2.05, 4.69) is 0 Å². The minimum absolute atomic E-state index is 0.0910. The van der Waals surface area contributed by atoms with E-state index in [0.717, 1.165) is 18.2 Å². The number of carboxylic acid groups (broad SMARTS) is 1. The number of carboxylic acids is 1. The number of phenolic OH excluding ortho intramolecular Hbond substituents is 2. The van der Waals surface area contributed by atoms with Gasteiger partial charge in [0.15, 0.2) is 35.2 Å². The lowest BCUT2D eigenvalue weighted by Gasteiger charge is -2.32. The lowest BCUT2D eigenvalue weighted by Crippen LogP contribution is -2.46. The van der Waals surface area contributed by atoms with Crippen LogP contribution in [0.5, 0.6) is 34.5 Å². The average molecular weight is 534 g/mol.